The molecule has 0 unspecified atom stereocenters. The first-order valence-electron chi connectivity index (χ1n) is 8.04. The number of nitrogens with one attached hydrogen (secondary N) is 1. The van der Waals surface area contributed by atoms with Gasteiger partial charge in [0.05, 0.1) is 24.8 Å². The Hall–Kier alpha value is -2.80. The van der Waals surface area contributed by atoms with Crippen LogP contribution in [-0.4, -0.2) is 39.2 Å². The Kier molecular flexibility index (Phi) is 7.43. The number of esters is 1. The van der Waals surface area contributed by atoms with Crippen molar-refractivity contribution in [1.82, 2.24) is 5.32 Å². The van der Waals surface area contributed by atoms with Gasteiger partial charge in [0.15, 0.2) is 18.1 Å². The third-order valence-corrected chi connectivity index (χ3v) is 3.98. The van der Waals surface area contributed by atoms with E-state index >= 15 is 0 Å². The van der Waals surface area contributed by atoms with E-state index in [1.807, 2.05) is 12.1 Å². The lowest BCUT2D eigenvalue weighted by molar-refractivity contribution is -0.124. The average molecular weight is 396 g/mol. The number of rotatable bonds is 8. The van der Waals surface area contributed by atoms with Crippen LogP contribution in [0.5, 0.6) is 11.5 Å². The highest BCUT2D eigenvalue weighted by molar-refractivity contribution is 6.33. The van der Waals surface area contributed by atoms with E-state index in [0.29, 0.717) is 24.5 Å². The van der Waals surface area contributed by atoms with Gasteiger partial charge in [0.25, 0.3) is 5.91 Å². The number of amides is 1. The second-order valence-electron chi connectivity index (χ2n) is 5.49. The van der Waals surface area contributed by atoms with Crippen LogP contribution in [0.3, 0.4) is 0 Å². The van der Waals surface area contributed by atoms with Gasteiger partial charge < -0.3 is 19.5 Å². The highest BCUT2D eigenvalue weighted by atomic mass is 35.5. The maximum Gasteiger partial charge on any atom is 0.340 e. The maximum atomic E-state index is 13.0. The van der Waals surface area contributed by atoms with E-state index in [1.54, 1.807) is 20.3 Å². The molecule has 2 aromatic carbocycles. The van der Waals surface area contributed by atoms with Crippen LogP contribution < -0.4 is 14.8 Å². The molecular weight excluding hydrogens is 377 g/mol. The van der Waals surface area contributed by atoms with Crippen LogP contribution in [0.15, 0.2) is 36.4 Å². The predicted octanol–water partition coefficient (Wildman–Crippen LogP) is 3.01. The molecule has 0 atom stereocenters. The van der Waals surface area contributed by atoms with Crippen molar-refractivity contribution in [2.24, 2.45) is 0 Å². The van der Waals surface area contributed by atoms with Crippen LogP contribution in [0.1, 0.15) is 15.9 Å². The van der Waals surface area contributed by atoms with Gasteiger partial charge in [-0.3, -0.25) is 4.79 Å². The molecule has 0 aromatic heterocycles. The Morgan fingerprint density at radius 3 is 2.48 bits per heavy atom. The lowest BCUT2D eigenvalue weighted by Gasteiger charge is -2.10. The van der Waals surface area contributed by atoms with Crippen LogP contribution >= 0.6 is 11.6 Å². The Morgan fingerprint density at radius 2 is 1.81 bits per heavy atom. The zero-order chi connectivity index (χ0) is 19.8. The van der Waals surface area contributed by atoms with Gasteiger partial charge in [-0.2, -0.15) is 0 Å². The summed E-state index contributed by atoms with van der Waals surface area (Å²) in [6.07, 6.45) is 0.559. The Balaban J connectivity index is 1.78. The summed E-state index contributed by atoms with van der Waals surface area (Å²) in [6, 6.07) is 8.76. The van der Waals surface area contributed by atoms with Crippen LogP contribution in [0.4, 0.5) is 4.39 Å². The Morgan fingerprint density at radius 1 is 1.07 bits per heavy atom. The number of hydrogen-bond donors (Lipinski definition) is 1. The van der Waals surface area contributed by atoms with E-state index in [9.17, 15) is 14.0 Å². The molecule has 0 saturated carbocycles. The molecule has 2 aromatic rings. The highest BCUT2D eigenvalue weighted by Gasteiger charge is 2.14. The fraction of sp³-hybridized carbons (Fsp3) is 0.263. The number of hydrogen-bond acceptors (Lipinski definition) is 5. The number of carbonyl (C=O) groups excluding carboxylic acids is 2. The molecule has 0 heterocycles. The third-order valence-electron chi connectivity index (χ3n) is 3.67. The number of benzene rings is 2. The van der Waals surface area contributed by atoms with Gasteiger partial charge in [-0.1, -0.05) is 17.7 Å². The number of halogens is 2. The molecule has 1 N–H and O–H groups in total. The molecule has 0 aliphatic heterocycles. The molecule has 6 nitrogen and oxygen atoms in total. The summed E-state index contributed by atoms with van der Waals surface area (Å²) in [5.74, 6) is -0.593. The molecule has 27 heavy (non-hydrogen) atoms. The summed E-state index contributed by atoms with van der Waals surface area (Å²) in [7, 11) is 3.10. The first-order valence-corrected chi connectivity index (χ1v) is 8.42. The molecule has 0 fully saturated rings. The summed E-state index contributed by atoms with van der Waals surface area (Å²) in [5.41, 5.74) is 0.944. The van der Waals surface area contributed by atoms with E-state index in [1.165, 1.54) is 6.07 Å². The van der Waals surface area contributed by atoms with Crippen molar-refractivity contribution >= 4 is 23.5 Å². The molecule has 0 spiro atoms. The van der Waals surface area contributed by atoms with Crippen molar-refractivity contribution in [1.29, 1.82) is 0 Å². The summed E-state index contributed by atoms with van der Waals surface area (Å²) >= 11 is 5.78. The monoisotopic (exact) mass is 395 g/mol. The molecular formula is C19H19ClFNO5. The normalized spacial score (nSPS) is 10.2. The molecule has 0 bridgehead atoms. The van der Waals surface area contributed by atoms with Crippen molar-refractivity contribution < 1.29 is 28.2 Å². The van der Waals surface area contributed by atoms with Crippen LogP contribution in [-0.2, 0) is 16.0 Å². The van der Waals surface area contributed by atoms with E-state index in [-0.39, 0.29) is 10.6 Å². The molecule has 0 aliphatic carbocycles. The number of carbonyl (C=O) groups is 2. The van der Waals surface area contributed by atoms with Gasteiger partial charge >= 0.3 is 5.97 Å². The van der Waals surface area contributed by atoms with E-state index in [0.717, 1.165) is 17.7 Å². The summed E-state index contributed by atoms with van der Waals surface area (Å²) < 4.78 is 28.3. The molecule has 8 heteroatoms. The van der Waals surface area contributed by atoms with Crippen molar-refractivity contribution in [2.45, 2.75) is 6.42 Å². The van der Waals surface area contributed by atoms with E-state index in [2.05, 4.69) is 5.32 Å². The van der Waals surface area contributed by atoms with Gasteiger partial charge in [-0.05, 0) is 42.3 Å². The van der Waals surface area contributed by atoms with Crippen molar-refractivity contribution in [3.05, 3.63) is 58.4 Å². The van der Waals surface area contributed by atoms with E-state index in [4.69, 9.17) is 25.8 Å². The quantitative estimate of drug-likeness (QED) is 0.695. The first kappa shape index (κ1) is 20.5. The summed E-state index contributed by atoms with van der Waals surface area (Å²) in [6.45, 7) is -0.109. The predicted molar refractivity (Wildman–Crippen MR) is 98.0 cm³/mol. The van der Waals surface area contributed by atoms with Gasteiger partial charge in [-0.15, -0.1) is 0 Å². The molecule has 0 radical (unpaired) electrons. The standard InChI is InChI=1S/C19H19ClFNO5/c1-25-16-6-3-12(9-17(16)26-2)7-8-22-18(23)11-27-19(24)14-5-4-13(21)10-15(14)20/h3-6,9-10H,7-8,11H2,1-2H3,(H,22,23). The zero-order valence-electron chi connectivity index (χ0n) is 14.9. The first-order chi connectivity index (χ1) is 12.9. The van der Waals surface area contributed by atoms with Crippen LogP contribution in [0.2, 0.25) is 5.02 Å². The van der Waals surface area contributed by atoms with Gasteiger partial charge in [0, 0.05) is 6.54 Å². The smallest absolute Gasteiger partial charge is 0.340 e. The van der Waals surface area contributed by atoms with E-state index < -0.39 is 24.3 Å². The Labute approximate surface area is 161 Å². The summed E-state index contributed by atoms with van der Waals surface area (Å²) in [5, 5.41) is 2.57. The van der Waals surface area contributed by atoms with Gasteiger partial charge in [0.2, 0.25) is 0 Å². The van der Waals surface area contributed by atoms with Crippen molar-refractivity contribution in [2.75, 3.05) is 27.4 Å². The minimum atomic E-state index is -0.796. The lowest BCUT2D eigenvalue weighted by Crippen LogP contribution is -2.30. The number of methoxy groups -OCH3 is 2. The number of ether oxygens (including phenoxy) is 3. The fourth-order valence-corrected chi connectivity index (χ4v) is 2.54. The Bertz CT molecular complexity index is 828. The molecule has 0 aliphatic rings. The van der Waals surface area contributed by atoms with Gasteiger partial charge in [0.1, 0.15) is 5.82 Å². The largest absolute Gasteiger partial charge is 0.493 e. The third kappa shape index (κ3) is 5.86. The molecule has 2 rings (SSSR count). The van der Waals surface area contributed by atoms with Crippen molar-refractivity contribution in [3.63, 3.8) is 0 Å². The minimum Gasteiger partial charge on any atom is -0.493 e. The van der Waals surface area contributed by atoms with Gasteiger partial charge in [-0.25, -0.2) is 9.18 Å². The average Bonchev–Trinajstić information content (AvgIpc) is 2.66. The summed E-state index contributed by atoms with van der Waals surface area (Å²) in [4.78, 5) is 23.7. The molecule has 0 saturated heterocycles. The lowest BCUT2D eigenvalue weighted by atomic mass is 10.1. The minimum absolute atomic E-state index is 0.00352. The fourth-order valence-electron chi connectivity index (χ4n) is 2.30. The molecule has 144 valence electrons. The van der Waals surface area contributed by atoms with Crippen LogP contribution in [0.25, 0.3) is 0 Å². The maximum absolute atomic E-state index is 13.0. The topological polar surface area (TPSA) is 73.9 Å². The molecule has 1 amide bonds. The second-order valence-corrected chi connectivity index (χ2v) is 5.90. The second kappa shape index (κ2) is 9.78. The zero-order valence-corrected chi connectivity index (χ0v) is 15.6. The highest BCUT2D eigenvalue weighted by Crippen LogP contribution is 2.27. The SMILES string of the molecule is COc1ccc(CCNC(=O)COC(=O)c2ccc(F)cc2Cl)cc1OC. The van der Waals surface area contributed by atoms with Crippen LogP contribution in [0, 0.1) is 5.82 Å². The van der Waals surface area contributed by atoms with Crippen molar-refractivity contribution in [3.8, 4) is 11.5 Å².